The number of piperidine rings is 1. The van der Waals surface area contributed by atoms with Crippen molar-refractivity contribution in [2.24, 2.45) is 5.92 Å². The van der Waals surface area contributed by atoms with Crippen LogP contribution in [-0.2, 0) is 32.4 Å². The van der Waals surface area contributed by atoms with E-state index < -0.39 is 10.0 Å². The summed E-state index contributed by atoms with van der Waals surface area (Å²) in [4.78, 5) is 27.9. The first-order valence-corrected chi connectivity index (χ1v) is 14.6. The average molecular weight is 509 g/mol. The Morgan fingerprint density at radius 3 is 2.52 bits per heavy atom. The number of anilines is 1. The fourth-order valence-electron chi connectivity index (χ4n) is 4.38. The Bertz CT molecular complexity index is 1130. The summed E-state index contributed by atoms with van der Waals surface area (Å²) in [6.45, 7) is 2.62. The zero-order valence-corrected chi connectivity index (χ0v) is 21.2. The molecule has 4 rings (SSSR count). The lowest BCUT2D eigenvalue weighted by atomic mass is 9.97. The molecule has 1 aliphatic heterocycles. The largest absolute Gasteiger partial charge is 0.462 e. The van der Waals surface area contributed by atoms with E-state index in [0.717, 1.165) is 34.6 Å². The Kier molecular flexibility index (Phi) is 7.47. The number of hydrogen-bond donors (Lipinski definition) is 1. The fourth-order valence-corrected chi connectivity index (χ4v) is 7.54. The van der Waals surface area contributed by atoms with Gasteiger partial charge in [-0.15, -0.1) is 23.1 Å². The Labute approximate surface area is 202 Å². The van der Waals surface area contributed by atoms with Crippen LogP contribution in [0.1, 0.15) is 47.0 Å². The highest BCUT2D eigenvalue weighted by molar-refractivity contribution is 7.98. The fraction of sp³-hybridized carbons (Fsp3) is 0.478. The van der Waals surface area contributed by atoms with Crippen LogP contribution in [-0.4, -0.2) is 50.6 Å². The summed E-state index contributed by atoms with van der Waals surface area (Å²) >= 11 is 3.02. The number of amides is 1. The maximum atomic E-state index is 13.0. The summed E-state index contributed by atoms with van der Waals surface area (Å²) in [5.41, 5.74) is 1.50. The number of sulfonamides is 1. The number of thioether (sulfide) groups is 1. The van der Waals surface area contributed by atoms with Crippen LogP contribution in [0.2, 0.25) is 0 Å². The number of carbonyl (C=O) groups excluding carboxylic acids is 2. The van der Waals surface area contributed by atoms with Crippen molar-refractivity contribution < 1.29 is 22.7 Å². The molecule has 33 heavy (non-hydrogen) atoms. The second-order valence-corrected chi connectivity index (χ2v) is 12.0. The molecule has 178 valence electrons. The summed E-state index contributed by atoms with van der Waals surface area (Å²) < 4.78 is 32.7. The summed E-state index contributed by atoms with van der Waals surface area (Å²) in [5.74, 6) is -0.857. The number of fused-ring (bicyclic) bond motifs is 1. The van der Waals surface area contributed by atoms with E-state index >= 15 is 0 Å². The van der Waals surface area contributed by atoms with E-state index in [1.807, 2.05) is 6.26 Å². The smallest absolute Gasteiger partial charge is 0.341 e. The maximum Gasteiger partial charge on any atom is 0.341 e. The first-order valence-electron chi connectivity index (χ1n) is 11.1. The standard InChI is InChI=1S/C23H28N2O5S3/c1-3-30-23(27)20-18-5-4-6-19(18)32-22(20)24-21(26)15-11-13-25(14-12-15)33(28,29)17-9-7-16(31-2)8-10-17/h7-10,15H,3-6,11-14H2,1-2H3,(H,24,26). The topological polar surface area (TPSA) is 92.8 Å². The summed E-state index contributed by atoms with van der Waals surface area (Å²) in [5, 5.41) is 3.52. The number of rotatable bonds is 7. The lowest BCUT2D eigenvalue weighted by molar-refractivity contribution is -0.120. The first-order chi connectivity index (χ1) is 15.8. The number of ether oxygens (including phenoxy) is 1. The van der Waals surface area contributed by atoms with Gasteiger partial charge in [-0.05, 0) is 75.1 Å². The van der Waals surface area contributed by atoms with Crippen LogP contribution in [0.4, 0.5) is 5.00 Å². The lowest BCUT2D eigenvalue weighted by Crippen LogP contribution is -2.41. The molecule has 0 saturated carbocycles. The highest BCUT2D eigenvalue weighted by Crippen LogP contribution is 2.40. The van der Waals surface area contributed by atoms with Crippen molar-refractivity contribution in [3.05, 3.63) is 40.3 Å². The number of nitrogens with one attached hydrogen (secondary N) is 1. The van der Waals surface area contributed by atoms with Gasteiger partial charge in [0.25, 0.3) is 0 Å². The van der Waals surface area contributed by atoms with Crippen molar-refractivity contribution in [1.82, 2.24) is 4.31 Å². The maximum absolute atomic E-state index is 13.0. The van der Waals surface area contributed by atoms with Gasteiger partial charge in [0.05, 0.1) is 17.1 Å². The van der Waals surface area contributed by atoms with Crippen molar-refractivity contribution in [1.29, 1.82) is 0 Å². The Morgan fingerprint density at radius 1 is 1.18 bits per heavy atom. The molecule has 1 aromatic carbocycles. The van der Waals surface area contributed by atoms with Crippen LogP contribution < -0.4 is 5.32 Å². The number of carbonyl (C=O) groups is 2. The molecule has 7 nitrogen and oxygen atoms in total. The molecule has 1 aliphatic carbocycles. The third kappa shape index (κ3) is 4.99. The molecule has 0 spiro atoms. The van der Waals surface area contributed by atoms with Gasteiger partial charge in [0.2, 0.25) is 15.9 Å². The average Bonchev–Trinajstić information content (AvgIpc) is 3.40. The van der Waals surface area contributed by atoms with Gasteiger partial charge in [-0.1, -0.05) is 0 Å². The summed E-state index contributed by atoms with van der Waals surface area (Å²) in [6.07, 6.45) is 5.57. The number of esters is 1. The minimum atomic E-state index is -3.58. The van der Waals surface area contributed by atoms with E-state index in [0.29, 0.717) is 23.4 Å². The molecule has 0 radical (unpaired) electrons. The predicted molar refractivity (Wildman–Crippen MR) is 131 cm³/mol. The van der Waals surface area contributed by atoms with E-state index in [1.165, 1.54) is 15.6 Å². The molecular formula is C23H28N2O5S3. The first kappa shape index (κ1) is 24.3. The van der Waals surface area contributed by atoms with Gasteiger partial charge in [-0.2, -0.15) is 4.31 Å². The van der Waals surface area contributed by atoms with Crippen LogP contribution in [0.3, 0.4) is 0 Å². The van der Waals surface area contributed by atoms with Gasteiger partial charge >= 0.3 is 5.97 Å². The molecule has 10 heteroatoms. The summed E-state index contributed by atoms with van der Waals surface area (Å²) in [7, 11) is -3.58. The van der Waals surface area contributed by atoms with Gasteiger partial charge in [-0.25, -0.2) is 13.2 Å². The zero-order valence-electron chi connectivity index (χ0n) is 18.8. The van der Waals surface area contributed by atoms with Crippen molar-refractivity contribution in [2.45, 2.75) is 48.8 Å². The molecule has 2 aromatic rings. The molecule has 2 heterocycles. The molecule has 1 saturated heterocycles. The van der Waals surface area contributed by atoms with Crippen LogP contribution in [0.15, 0.2) is 34.1 Å². The SMILES string of the molecule is CCOC(=O)c1c(NC(=O)C2CCN(S(=O)(=O)c3ccc(SC)cc3)CC2)sc2c1CCC2. The van der Waals surface area contributed by atoms with Crippen molar-refractivity contribution in [2.75, 3.05) is 31.3 Å². The van der Waals surface area contributed by atoms with Crippen LogP contribution in [0, 0.1) is 5.92 Å². The van der Waals surface area contributed by atoms with E-state index in [4.69, 9.17) is 4.74 Å². The number of thiophene rings is 1. The lowest BCUT2D eigenvalue weighted by Gasteiger charge is -2.30. The van der Waals surface area contributed by atoms with Crippen LogP contribution in [0.5, 0.6) is 0 Å². The van der Waals surface area contributed by atoms with E-state index in [9.17, 15) is 18.0 Å². The molecule has 0 atom stereocenters. The molecule has 1 N–H and O–H groups in total. The van der Waals surface area contributed by atoms with Crippen LogP contribution >= 0.6 is 23.1 Å². The zero-order chi connectivity index (χ0) is 23.6. The molecular weight excluding hydrogens is 480 g/mol. The van der Waals surface area contributed by atoms with Crippen LogP contribution in [0.25, 0.3) is 0 Å². The quantitative estimate of drug-likeness (QED) is 0.446. The second-order valence-electron chi connectivity index (χ2n) is 8.13. The summed E-state index contributed by atoms with van der Waals surface area (Å²) in [6, 6.07) is 6.87. The normalized spacial score (nSPS) is 17.0. The molecule has 2 aliphatic rings. The second kappa shape index (κ2) is 10.2. The minimum absolute atomic E-state index is 0.165. The van der Waals surface area contributed by atoms with Gasteiger partial charge < -0.3 is 10.1 Å². The van der Waals surface area contributed by atoms with Gasteiger partial charge in [0, 0.05) is 28.8 Å². The molecule has 1 fully saturated rings. The highest BCUT2D eigenvalue weighted by Gasteiger charge is 2.34. The Morgan fingerprint density at radius 2 is 1.88 bits per heavy atom. The Balaban J connectivity index is 1.41. The van der Waals surface area contributed by atoms with Gasteiger partial charge in [0.1, 0.15) is 5.00 Å². The molecule has 1 amide bonds. The molecule has 0 unspecified atom stereocenters. The van der Waals surface area contributed by atoms with Gasteiger partial charge in [0.15, 0.2) is 0 Å². The highest BCUT2D eigenvalue weighted by atomic mass is 32.2. The Hall–Kier alpha value is -1.88. The number of hydrogen-bond acceptors (Lipinski definition) is 7. The minimum Gasteiger partial charge on any atom is -0.462 e. The van der Waals surface area contributed by atoms with Crippen molar-refractivity contribution in [3.8, 4) is 0 Å². The predicted octanol–water partition coefficient (Wildman–Crippen LogP) is 4.17. The van der Waals surface area contributed by atoms with E-state index in [1.54, 1.807) is 43.0 Å². The number of benzene rings is 1. The number of aryl methyl sites for hydroxylation is 1. The monoisotopic (exact) mass is 508 g/mol. The third-order valence-electron chi connectivity index (χ3n) is 6.16. The van der Waals surface area contributed by atoms with Gasteiger partial charge in [-0.3, -0.25) is 4.79 Å². The third-order valence-corrected chi connectivity index (χ3v) is 10.0. The van der Waals surface area contributed by atoms with E-state index in [-0.39, 0.29) is 42.4 Å². The molecule has 0 bridgehead atoms. The van der Waals surface area contributed by atoms with Crippen molar-refractivity contribution >= 4 is 50.0 Å². The van der Waals surface area contributed by atoms with E-state index in [2.05, 4.69) is 5.32 Å². The van der Waals surface area contributed by atoms with Crippen molar-refractivity contribution in [3.63, 3.8) is 0 Å². The molecule has 1 aromatic heterocycles. The number of nitrogens with zero attached hydrogens (tertiary/aromatic N) is 1.